The van der Waals surface area contributed by atoms with Crippen molar-refractivity contribution < 1.29 is 13.2 Å². The van der Waals surface area contributed by atoms with Gasteiger partial charge in [0.2, 0.25) is 0 Å². The fourth-order valence-electron chi connectivity index (χ4n) is 1.93. The minimum absolute atomic E-state index is 0.125. The van der Waals surface area contributed by atoms with Crippen molar-refractivity contribution in [3.8, 4) is 0 Å². The molecule has 0 saturated heterocycles. The predicted octanol–water partition coefficient (Wildman–Crippen LogP) is 4.17. The number of nitrogens with one attached hydrogen (secondary N) is 1. The summed E-state index contributed by atoms with van der Waals surface area (Å²) in [5, 5.41) is 2.59. The number of allylic oxidation sites excluding steroid dienone is 2. The molecule has 0 aliphatic carbocycles. The van der Waals surface area contributed by atoms with E-state index in [9.17, 15) is 13.2 Å². The first-order valence-electron chi connectivity index (χ1n) is 6.93. The Hall–Kier alpha value is -2.11. The van der Waals surface area contributed by atoms with Crippen molar-refractivity contribution in [3.05, 3.63) is 53.5 Å². The van der Waals surface area contributed by atoms with Crippen LogP contribution in [0, 0.1) is 0 Å². The molecule has 0 amide bonds. The number of aliphatic imine (C=N–C) groups is 1. The van der Waals surface area contributed by atoms with Gasteiger partial charge in [0.05, 0.1) is 12.1 Å². The van der Waals surface area contributed by atoms with Crippen molar-refractivity contribution in [1.29, 1.82) is 0 Å². The highest BCUT2D eigenvalue weighted by Gasteiger charge is 2.36. The van der Waals surface area contributed by atoms with E-state index in [4.69, 9.17) is 0 Å². The van der Waals surface area contributed by atoms with E-state index in [-0.39, 0.29) is 12.4 Å². The van der Waals surface area contributed by atoms with Gasteiger partial charge in [-0.3, -0.25) is 9.98 Å². The van der Waals surface area contributed by atoms with E-state index < -0.39 is 11.7 Å². The van der Waals surface area contributed by atoms with Crippen LogP contribution in [0.15, 0.2) is 47.2 Å². The molecule has 1 rings (SSSR count). The minimum atomic E-state index is -4.47. The molecule has 6 heteroatoms. The van der Waals surface area contributed by atoms with Crippen LogP contribution in [-0.2, 0) is 13.0 Å². The molecule has 0 aliphatic rings. The Balaban J connectivity index is 3.14. The summed E-state index contributed by atoms with van der Waals surface area (Å²) in [5.41, 5.74) is 1.22. The first-order valence-corrected chi connectivity index (χ1v) is 6.93. The molecule has 0 spiro atoms. The van der Waals surface area contributed by atoms with E-state index in [1.54, 1.807) is 19.2 Å². The van der Waals surface area contributed by atoms with Crippen LogP contribution in [0.25, 0.3) is 0 Å². The van der Waals surface area contributed by atoms with E-state index >= 15 is 0 Å². The van der Waals surface area contributed by atoms with E-state index in [1.165, 1.54) is 6.92 Å². The zero-order chi connectivity index (χ0) is 16.8. The first-order chi connectivity index (χ1) is 10.3. The number of aryl methyl sites for hydroxylation is 1. The standard InChI is InChI=1S/C16H20F3N3/c1-5-13(16(17,18)19)15(22-11(3)4)21-10-12-8-7-9-20-14(12)6-2/h5,7-9H,3,6,10H2,1-2,4H3,(H,21,22)/b13-5+. The molecule has 3 nitrogen and oxygen atoms in total. The first kappa shape index (κ1) is 17.9. The lowest BCUT2D eigenvalue weighted by Gasteiger charge is -2.16. The van der Waals surface area contributed by atoms with Gasteiger partial charge in [0.25, 0.3) is 0 Å². The van der Waals surface area contributed by atoms with Crippen LogP contribution in [0.1, 0.15) is 32.0 Å². The van der Waals surface area contributed by atoms with Crippen LogP contribution in [-0.4, -0.2) is 17.0 Å². The average Bonchev–Trinajstić information content (AvgIpc) is 2.43. The summed E-state index contributed by atoms with van der Waals surface area (Å²) < 4.78 is 39.2. The Morgan fingerprint density at radius 3 is 2.64 bits per heavy atom. The maximum atomic E-state index is 13.1. The summed E-state index contributed by atoms with van der Waals surface area (Å²) in [6.07, 6.45) is -1.12. The summed E-state index contributed by atoms with van der Waals surface area (Å²) in [6.45, 7) is 8.57. The lowest BCUT2D eigenvalue weighted by molar-refractivity contribution is -0.0864. The van der Waals surface area contributed by atoms with Gasteiger partial charge in [0.15, 0.2) is 0 Å². The monoisotopic (exact) mass is 311 g/mol. The van der Waals surface area contributed by atoms with Gasteiger partial charge in [-0.1, -0.05) is 25.6 Å². The van der Waals surface area contributed by atoms with Crippen molar-refractivity contribution in [2.75, 3.05) is 0 Å². The SMILES string of the molecule is C=C(C)NC(=NCc1cccnc1CC)/C(=C\C)C(F)(F)F. The topological polar surface area (TPSA) is 37.3 Å². The summed E-state index contributed by atoms with van der Waals surface area (Å²) >= 11 is 0. The molecule has 0 radical (unpaired) electrons. The van der Waals surface area contributed by atoms with Gasteiger partial charge in [-0.05, 0) is 31.9 Å². The Bertz CT molecular complexity index is 587. The Morgan fingerprint density at radius 1 is 1.45 bits per heavy atom. The van der Waals surface area contributed by atoms with E-state index in [0.717, 1.165) is 17.3 Å². The molecule has 0 bridgehead atoms. The van der Waals surface area contributed by atoms with Crippen molar-refractivity contribution in [2.45, 2.75) is 39.9 Å². The molecule has 1 aromatic heterocycles. The van der Waals surface area contributed by atoms with Gasteiger partial charge < -0.3 is 5.32 Å². The van der Waals surface area contributed by atoms with Crippen LogP contribution in [0.4, 0.5) is 13.2 Å². The quantitative estimate of drug-likeness (QED) is 0.654. The predicted molar refractivity (Wildman–Crippen MR) is 82.5 cm³/mol. The third-order valence-electron chi connectivity index (χ3n) is 2.91. The minimum Gasteiger partial charge on any atom is -0.344 e. The van der Waals surface area contributed by atoms with Crippen LogP contribution in [0.5, 0.6) is 0 Å². The number of aromatic nitrogens is 1. The molecular formula is C16H20F3N3. The molecule has 120 valence electrons. The highest BCUT2D eigenvalue weighted by Crippen LogP contribution is 2.26. The third-order valence-corrected chi connectivity index (χ3v) is 2.91. The fraction of sp³-hybridized carbons (Fsp3) is 0.375. The summed E-state index contributed by atoms with van der Waals surface area (Å²) in [4.78, 5) is 8.30. The van der Waals surface area contributed by atoms with E-state index in [1.807, 2.05) is 13.0 Å². The smallest absolute Gasteiger partial charge is 0.344 e. The van der Waals surface area contributed by atoms with Gasteiger partial charge in [-0.15, -0.1) is 0 Å². The molecule has 0 atom stereocenters. The Morgan fingerprint density at radius 2 is 2.14 bits per heavy atom. The number of alkyl halides is 3. The van der Waals surface area contributed by atoms with Crippen molar-refractivity contribution in [2.24, 2.45) is 4.99 Å². The van der Waals surface area contributed by atoms with Crippen LogP contribution in [0.3, 0.4) is 0 Å². The highest BCUT2D eigenvalue weighted by atomic mass is 19.4. The summed E-state index contributed by atoms with van der Waals surface area (Å²) in [6, 6.07) is 3.56. The lowest BCUT2D eigenvalue weighted by atomic mass is 10.1. The molecule has 0 aliphatic heterocycles. The molecule has 22 heavy (non-hydrogen) atoms. The average molecular weight is 311 g/mol. The maximum absolute atomic E-state index is 13.1. The van der Waals surface area contributed by atoms with E-state index in [0.29, 0.717) is 12.1 Å². The number of halogens is 3. The Kier molecular flexibility index (Phi) is 6.34. The summed E-state index contributed by atoms with van der Waals surface area (Å²) in [5.74, 6) is -0.228. The third kappa shape index (κ3) is 5.02. The number of pyridine rings is 1. The van der Waals surface area contributed by atoms with Gasteiger partial charge >= 0.3 is 6.18 Å². The molecular weight excluding hydrogens is 291 g/mol. The molecule has 1 aromatic rings. The molecule has 0 aromatic carbocycles. The summed E-state index contributed by atoms with van der Waals surface area (Å²) in [7, 11) is 0. The zero-order valence-corrected chi connectivity index (χ0v) is 13.0. The van der Waals surface area contributed by atoms with Crippen LogP contribution in [0.2, 0.25) is 0 Å². The maximum Gasteiger partial charge on any atom is 0.419 e. The number of rotatable bonds is 5. The number of hydrogen-bond acceptors (Lipinski definition) is 2. The van der Waals surface area contributed by atoms with Crippen molar-refractivity contribution in [1.82, 2.24) is 10.3 Å². The zero-order valence-electron chi connectivity index (χ0n) is 13.0. The molecule has 1 heterocycles. The normalized spacial score (nSPS) is 13.2. The molecule has 1 N–H and O–H groups in total. The largest absolute Gasteiger partial charge is 0.419 e. The molecule has 0 fully saturated rings. The Labute approximate surface area is 128 Å². The number of hydrogen-bond donors (Lipinski definition) is 1. The molecule has 0 saturated carbocycles. The second-order valence-corrected chi connectivity index (χ2v) is 4.73. The van der Waals surface area contributed by atoms with Gasteiger partial charge in [-0.2, -0.15) is 13.2 Å². The van der Waals surface area contributed by atoms with Crippen molar-refractivity contribution in [3.63, 3.8) is 0 Å². The van der Waals surface area contributed by atoms with Crippen molar-refractivity contribution >= 4 is 5.84 Å². The van der Waals surface area contributed by atoms with Gasteiger partial charge in [0, 0.05) is 17.6 Å². The number of amidine groups is 1. The lowest BCUT2D eigenvalue weighted by Crippen LogP contribution is -2.31. The van der Waals surface area contributed by atoms with Gasteiger partial charge in [-0.25, -0.2) is 0 Å². The van der Waals surface area contributed by atoms with E-state index in [2.05, 4.69) is 21.9 Å². The van der Waals surface area contributed by atoms with Crippen LogP contribution >= 0.6 is 0 Å². The van der Waals surface area contributed by atoms with Gasteiger partial charge in [0.1, 0.15) is 5.84 Å². The second-order valence-electron chi connectivity index (χ2n) is 4.73. The highest BCUT2D eigenvalue weighted by molar-refractivity contribution is 6.00. The fourth-order valence-corrected chi connectivity index (χ4v) is 1.93. The second kappa shape index (κ2) is 7.77. The molecule has 0 unspecified atom stereocenters. The van der Waals surface area contributed by atoms with Crippen LogP contribution < -0.4 is 5.32 Å². The number of nitrogens with zero attached hydrogens (tertiary/aromatic N) is 2.